The summed E-state index contributed by atoms with van der Waals surface area (Å²) in [4.78, 5) is 16.2. The van der Waals surface area contributed by atoms with Crippen molar-refractivity contribution in [3.63, 3.8) is 0 Å². The summed E-state index contributed by atoms with van der Waals surface area (Å²) >= 11 is 0. The van der Waals surface area contributed by atoms with E-state index < -0.39 is 4.92 Å². The largest absolute Gasteiger partial charge is 0.407 e. The van der Waals surface area contributed by atoms with Crippen LogP contribution in [0, 0.1) is 28.4 Å². The lowest BCUT2D eigenvalue weighted by Gasteiger charge is -2.18. The summed E-state index contributed by atoms with van der Waals surface area (Å²) in [7, 11) is 3.43. The second-order valence-corrected chi connectivity index (χ2v) is 4.34. The molecule has 2 aromatic rings. The van der Waals surface area contributed by atoms with E-state index in [1.54, 1.807) is 54.8 Å². The van der Waals surface area contributed by atoms with E-state index in [2.05, 4.69) is 4.98 Å². The maximum Gasteiger partial charge on any atom is 0.407 e. The van der Waals surface area contributed by atoms with Gasteiger partial charge in [0.15, 0.2) is 0 Å². The number of aromatic nitrogens is 2. The number of nitrogens with zero attached hydrogens (tertiary/aromatic N) is 5. The van der Waals surface area contributed by atoms with Crippen molar-refractivity contribution in [2.75, 3.05) is 11.9 Å². The minimum absolute atomic E-state index is 0.199. The third kappa shape index (κ3) is 2.19. The first-order chi connectivity index (χ1) is 9.45. The third-order valence-electron chi connectivity index (χ3n) is 3.12. The summed E-state index contributed by atoms with van der Waals surface area (Å²) < 4.78 is 1.65. The van der Waals surface area contributed by atoms with Crippen molar-refractivity contribution in [3.05, 3.63) is 45.8 Å². The molecule has 0 radical (unpaired) electrons. The van der Waals surface area contributed by atoms with Gasteiger partial charge in [-0.25, -0.2) is 0 Å². The van der Waals surface area contributed by atoms with E-state index >= 15 is 0 Å². The molecule has 0 atom stereocenters. The van der Waals surface area contributed by atoms with Crippen LogP contribution < -0.4 is 4.90 Å². The van der Waals surface area contributed by atoms with Crippen LogP contribution in [0.2, 0.25) is 0 Å². The molecule has 0 spiro atoms. The van der Waals surface area contributed by atoms with E-state index in [-0.39, 0.29) is 5.82 Å². The van der Waals surface area contributed by atoms with Gasteiger partial charge in [0, 0.05) is 26.7 Å². The van der Waals surface area contributed by atoms with Gasteiger partial charge in [-0.3, -0.25) is 4.57 Å². The van der Waals surface area contributed by atoms with Crippen molar-refractivity contribution >= 4 is 17.3 Å². The highest BCUT2D eigenvalue weighted by atomic mass is 16.6. The molecule has 2 rings (SSSR count). The molecule has 0 bridgehead atoms. The molecule has 1 heterocycles. The average molecular weight is 271 g/mol. The van der Waals surface area contributed by atoms with E-state index in [0.29, 0.717) is 22.9 Å². The molecule has 0 amide bonds. The Morgan fingerprint density at radius 2 is 2.20 bits per heavy atom. The molecular formula is C13H13N5O2. The zero-order chi connectivity index (χ0) is 14.9. The number of nitriles is 1. The molecule has 102 valence electrons. The number of hydrogen-bond donors (Lipinski definition) is 0. The van der Waals surface area contributed by atoms with Crippen molar-refractivity contribution in [2.24, 2.45) is 7.05 Å². The van der Waals surface area contributed by atoms with Gasteiger partial charge in [0.1, 0.15) is 0 Å². The Bertz CT molecular complexity index is 714. The Morgan fingerprint density at radius 3 is 2.80 bits per heavy atom. The lowest BCUT2D eigenvalue weighted by molar-refractivity contribution is -0.388. The van der Waals surface area contributed by atoms with Crippen LogP contribution in [0.15, 0.2) is 24.3 Å². The molecule has 20 heavy (non-hydrogen) atoms. The minimum Gasteiger partial charge on any atom is -0.358 e. The highest BCUT2D eigenvalue weighted by Crippen LogP contribution is 2.32. The average Bonchev–Trinajstić information content (AvgIpc) is 2.74. The van der Waals surface area contributed by atoms with Gasteiger partial charge in [0.2, 0.25) is 11.6 Å². The van der Waals surface area contributed by atoms with E-state index in [4.69, 9.17) is 5.26 Å². The monoisotopic (exact) mass is 271 g/mol. The molecule has 0 N–H and O–H groups in total. The Kier molecular flexibility index (Phi) is 3.39. The van der Waals surface area contributed by atoms with Crippen LogP contribution in [0.5, 0.6) is 0 Å². The maximum atomic E-state index is 11.1. The van der Waals surface area contributed by atoms with Crippen molar-refractivity contribution in [3.8, 4) is 6.07 Å². The van der Waals surface area contributed by atoms with Gasteiger partial charge in [-0.05, 0) is 28.1 Å². The third-order valence-corrected chi connectivity index (χ3v) is 3.12. The Balaban J connectivity index is 2.56. The number of nitro groups is 1. The van der Waals surface area contributed by atoms with Crippen LogP contribution in [0.3, 0.4) is 0 Å². The minimum atomic E-state index is -0.507. The van der Waals surface area contributed by atoms with Crippen molar-refractivity contribution in [1.82, 2.24) is 9.55 Å². The van der Waals surface area contributed by atoms with Crippen LogP contribution in [-0.4, -0.2) is 21.5 Å². The standard InChI is InChI=1S/C13H13N5O2/c1-9-15-12(18(19)20)13(16(9)2)17(3)11-6-4-5-10(7-11)8-14/h4-7H,1-3H3. The summed E-state index contributed by atoms with van der Waals surface area (Å²) in [5.74, 6) is 0.729. The Labute approximate surface area is 115 Å². The summed E-state index contributed by atoms with van der Waals surface area (Å²) in [5.41, 5.74) is 1.19. The van der Waals surface area contributed by atoms with E-state index in [0.717, 1.165) is 0 Å². The van der Waals surface area contributed by atoms with Gasteiger partial charge in [0.25, 0.3) is 0 Å². The van der Waals surface area contributed by atoms with Gasteiger partial charge in [0.05, 0.1) is 11.6 Å². The number of aryl methyl sites for hydroxylation is 1. The smallest absolute Gasteiger partial charge is 0.358 e. The predicted octanol–water partition coefficient (Wildman–Crippen LogP) is 2.28. The van der Waals surface area contributed by atoms with Crippen LogP contribution in [0.1, 0.15) is 11.4 Å². The molecule has 0 fully saturated rings. The van der Waals surface area contributed by atoms with Gasteiger partial charge >= 0.3 is 5.82 Å². The zero-order valence-corrected chi connectivity index (χ0v) is 11.4. The molecule has 0 saturated carbocycles. The van der Waals surface area contributed by atoms with Gasteiger partial charge in [-0.15, -0.1) is 0 Å². The van der Waals surface area contributed by atoms with Crippen LogP contribution in [-0.2, 0) is 7.05 Å². The topological polar surface area (TPSA) is 88.0 Å². The van der Waals surface area contributed by atoms with Crippen LogP contribution in [0.4, 0.5) is 17.3 Å². The van der Waals surface area contributed by atoms with E-state index in [1.807, 2.05) is 6.07 Å². The van der Waals surface area contributed by atoms with E-state index in [1.165, 1.54) is 0 Å². The van der Waals surface area contributed by atoms with Crippen LogP contribution >= 0.6 is 0 Å². The summed E-state index contributed by atoms with van der Waals surface area (Å²) in [5, 5.41) is 20.0. The van der Waals surface area contributed by atoms with Gasteiger partial charge < -0.3 is 15.0 Å². The Morgan fingerprint density at radius 1 is 1.50 bits per heavy atom. The lowest BCUT2D eigenvalue weighted by Crippen LogP contribution is -2.15. The molecule has 0 aliphatic rings. The number of hydrogen-bond acceptors (Lipinski definition) is 5. The highest BCUT2D eigenvalue weighted by Gasteiger charge is 2.27. The molecule has 0 saturated heterocycles. The second kappa shape index (κ2) is 5.01. The fraction of sp³-hybridized carbons (Fsp3) is 0.231. The number of imidazole rings is 1. The second-order valence-electron chi connectivity index (χ2n) is 4.34. The van der Waals surface area contributed by atoms with Crippen LogP contribution in [0.25, 0.3) is 0 Å². The predicted molar refractivity (Wildman–Crippen MR) is 73.8 cm³/mol. The Hall–Kier alpha value is -2.88. The number of rotatable bonds is 3. The number of benzene rings is 1. The summed E-state index contributed by atoms with van der Waals surface area (Å²) in [6, 6.07) is 8.92. The first-order valence-electron chi connectivity index (χ1n) is 5.87. The maximum absolute atomic E-state index is 11.1. The van der Waals surface area contributed by atoms with Crippen molar-refractivity contribution in [2.45, 2.75) is 6.92 Å². The number of anilines is 2. The first-order valence-corrected chi connectivity index (χ1v) is 5.87. The zero-order valence-electron chi connectivity index (χ0n) is 11.4. The lowest BCUT2D eigenvalue weighted by atomic mass is 10.2. The van der Waals surface area contributed by atoms with Crippen molar-refractivity contribution in [1.29, 1.82) is 5.26 Å². The van der Waals surface area contributed by atoms with Crippen molar-refractivity contribution < 1.29 is 4.92 Å². The molecule has 7 heteroatoms. The first kappa shape index (κ1) is 13.5. The summed E-state index contributed by atoms with van der Waals surface area (Å²) in [6.07, 6.45) is 0. The highest BCUT2D eigenvalue weighted by molar-refractivity contribution is 5.67. The molecular weight excluding hydrogens is 258 g/mol. The molecule has 0 aliphatic heterocycles. The summed E-state index contributed by atoms with van der Waals surface area (Å²) in [6.45, 7) is 1.70. The van der Waals surface area contributed by atoms with Gasteiger partial charge in [-0.2, -0.15) is 5.26 Å². The normalized spacial score (nSPS) is 10.1. The molecule has 0 aliphatic carbocycles. The quantitative estimate of drug-likeness (QED) is 0.631. The van der Waals surface area contributed by atoms with Gasteiger partial charge in [-0.1, -0.05) is 6.07 Å². The molecule has 7 nitrogen and oxygen atoms in total. The molecule has 1 aromatic heterocycles. The fourth-order valence-corrected chi connectivity index (χ4v) is 1.99. The molecule has 0 unspecified atom stereocenters. The molecule has 1 aromatic carbocycles. The fourth-order valence-electron chi connectivity index (χ4n) is 1.99. The van der Waals surface area contributed by atoms with E-state index in [9.17, 15) is 10.1 Å². The SMILES string of the molecule is Cc1nc([N+](=O)[O-])c(N(C)c2cccc(C#N)c2)n1C.